The van der Waals surface area contributed by atoms with Gasteiger partial charge in [-0.1, -0.05) is 6.07 Å². The molecule has 1 aliphatic rings. The molecule has 4 rings (SSSR count). The van der Waals surface area contributed by atoms with E-state index in [4.69, 9.17) is 19.3 Å². The molecule has 0 bridgehead atoms. The fourth-order valence-corrected chi connectivity index (χ4v) is 4.27. The van der Waals surface area contributed by atoms with Crippen molar-refractivity contribution in [3.05, 3.63) is 65.6 Å². The standard InChI is InChI=1S/C25H26F3N4O7P/c1-16-21(13-20(15-29-16)31-23(33)17-3-2-4-19(11-17)25(26,27)28)18-12-22(32-5-7-37-8-6-32)24(30-14-18)38-9-10-39-40(34,35)36/h2-4,11-15H,5-10H2,1H3,(H,31,33)(H2,34,35,36). The summed E-state index contributed by atoms with van der Waals surface area (Å²) < 4.78 is 65.6. The van der Waals surface area contributed by atoms with Gasteiger partial charge in [0.15, 0.2) is 0 Å². The molecule has 3 aromatic rings. The lowest BCUT2D eigenvalue weighted by Gasteiger charge is -2.30. The smallest absolute Gasteiger partial charge is 0.469 e. The van der Waals surface area contributed by atoms with Gasteiger partial charge in [-0.2, -0.15) is 13.2 Å². The fourth-order valence-electron chi connectivity index (χ4n) is 3.96. The zero-order valence-corrected chi connectivity index (χ0v) is 22.1. The molecule has 0 radical (unpaired) electrons. The Morgan fingerprint density at radius 2 is 1.88 bits per heavy atom. The summed E-state index contributed by atoms with van der Waals surface area (Å²) in [7, 11) is -4.64. The monoisotopic (exact) mass is 582 g/mol. The molecule has 214 valence electrons. The normalized spacial score (nSPS) is 14.2. The molecule has 1 fully saturated rings. The Kier molecular flexibility index (Phi) is 9.06. The van der Waals surface area contributed by atoms with Crippen molar-refractivity contribution >= 4 is 25.1 Å². The molecule has 1 aromatic carbocycles. The number of phosphoric acid groups is 1. The molecule has 15 heteroatoms. The Bertz CT molecular complexity index is 1410. The lowest BCUT2D eigenvalue weighted by Crippen LogP contribution is -2.36. The van der Waals surface area contributed by atoms with Crippen molar-refractivity contribution in [1.82, 2.24) is 9.97 Å². The molecule has 1 aliphatic heterocycles. The first-order chi connectivity index (χ1) is 18.9. The van der Waals surface area contributed by atoms with Crippen molar-refractivity contribution in [2.45, 2.75) is 13.1 Å². The minimum Gasteiger partial charge on any atom is -0.474 e. The number of morpholine rings is 1. The van der Waals surface area contributed by atoms with Crippen molar-refractivity contribution in [2.24, 2.45) is 0 Å². The van der Waals surface area contributed by atoms with Crippen molar-refractivity contribution in [2.75, 3.05) is 49.7 Å². The highest BCUT2D eigenvalue weighted by molar-refractivity contribution is 7.46. The average molecular weight is 582 g/mol. The van der Waals surface area contributed by atoms with Crippen LogP contribution in [0.3, 0.4) is 0 Å². The first-order valence-corrected chi connectivity index (χ1v) is 13.5. The van der Waals surface area contributed by atoms with Crippen LogP contribution < -0.4 is 15.0 Å². The van der Waals surface area contributed by atoms with Gasteiger partial charge < -0.3 is 29.5 Å². The van der Waals surface area contributed by atoms with E-state index in [1.165, 1.54) is 18.5 Å². The number of benzene rings is 1. The second kappa shape index (κ2) is 12.3. The van der Waals surface area contributed by atoms with Crippen LogP contribution in [-0.4, -0.2) is 65.2 Å². The summed E-state index contributed by atoms with van der Waals surface area (Å²) in [5, 5.41) is 2.59. The maximum atomic E-state index is 13.1. The lowest BCUT2D eigenvalue weighted by molar-refractivity contribution is -0.137. The van der Waals surface area contributed by atoms with E-state index in [-0.39, 0.29) is 30.3 Å². The van der Waals surface area contributed by atoms with Crippen LogP contribution in [0.1, 0.15) is 21.6 Å². The first-order valence-electron chi connectivity index (χ1n) is 12.0. The van der Waals surface area contributed by atoms with Gasteiger partial charge in [0.2, 0.25) is 5.88 Å². The highest BCUT2D eigenvalue weighted by atomic mass is 31.2. The van der Waals surface area contributed by atoms with Crippen molar-refractivity contribution in [3.8, 4) is 17.0 Å². The topological polar surface area (TPSA) is 143 Å². The Labute approximate surface area is 227 Å². The van der Waals surface area contributed by atoms with E-state index in [9.17, 15) is 22.5 Å². The molecule has 40 heavy (non-hydrogen) atoms. The number of carbonyl (C=O) groups excluding carboxylic acids is 1. The third-order valence-electron chi connectivity index (χ3n) is 5.87. The number of pyridine rings is 2. The van der Waals surface area contributed by atoms with Crippen LogP contribution in [0.25, 0.3) is 11.1 Å². The van der Waals surface area contributed by atoms with Crippen LogP contribution in [0, 0.1) is 6.92 Å². The minimum absolute atomic E-state index is 0.155. The number of hydrogen-bond acceptors (Lipinski definition) is 8. The zero-order chi connectivity index (χ0) is 28.9. The number of nitrogens with one attached hydrogen (secondary N) is 1. The summed E-state index contributed by atoms with van der Waals surface area (Å²) in [6.45, 7) is 3.28. The SMILES string of the molecule is Cc1ncc(NC(=O)c2cccc(C(F)(F)F)c2)cc1-c1cnc(OCCOP(=O)(O)O)c(N2CCOCC2)c1. The van der Waals surface area contributed by atoms with Gasteiger partial charge in [-0.05, 0) is 37.3 Å². The molecule has 2 aromatic heterocycles. The van der Waals surface area contributed by atoms with Crippen LogP contribution in [-0.2, 0) is 20.0 Å². The number of amides is 1. The van der Waals surface area contributed by atoms with E-state index in [1.54, 1.807) is 19.1 Å². The maximum Gasteiger partial charge on any atom is 0.469 e. The number of alkyl halides is 3. The van der Waals surface area contributed by atoms with E-state index in [1.807, 2.05) is 4.90 Å². The number of aromatic nitrogens is 2. The number of ether oxygens (including phenoxy) is 2. The summed E-state index contributed by atoms with van der Waals surface area (Å²) in [4.78, 5) is 41.2. The summed E-state index contributed by atoms with van der Waals surface area (Å²) in [5.41, 5.74) is 1.63. The molecule has 0 saturated carbocycles. The van der Waals surface area contributed by atoms with Gasteiger partial charge in [0.25, 0.3) is 5.91 Å². The molecule has 3 heterocycles. The van der Waals surface area contributed by atoms with Gasteiger partial charge in [0.05, 0.1) is 37.3 Å². The number of phosphoric ester groups is 1. The summed E-state index contributed by atoms with van der Waals surface area (Å²) in [5.74, 6) is -0.504. The number of nitrogens with zero attached hydrogens (tertiary/aromatic N) is 3. The van der Waals surface area contributed by atoms with Gasteiger partial charge in [0, 0.05) is 41.7 Å². The highest BCUT2D eigenvalue weighted by Gasteiger charge is 2.31. The molecule has 1 saturated heterocycles. The molecular formula is C25H26F3N4O7P. The molecule has 0 unspecified atom stereocenters. The van der Waals surface area contributed by atoms with Crippen molar-refractivity contribution in [1.29, 1.82) is 0 Å². The van der Waals surface area contributed by atoms with E-state index < -0.39 is 25.5 Å². The zero-order valence-electron chi connectivity index (χ0n) is 21.2. The molecule has 0 aliphatic carbocycles. The van der Waals surface area contributed by atoms with E-state index >= 15 is 0 Å². The molecule has 0 spiro atoms. The number of carbonyl (C=O) groups is 1. The summed E-state index contributed by atoms with van der Waals surface area (Å²) in [6, 6.07) is 7.56. The summed E-state index contributed by atoms with van der Waals surface area (Å²) in [6.07, 6.45) is -1.66. The second-order valence-corrected chi connectivity index (χ2v) is 9.95. The van der Waals surface area contributed by atoms with Crippen molar-refractivity contribution in [3.63, 3.8) is 0 Å². The average Bonchev–Trinajstić information content (AvgIpc) is 2.92. The van der Waals surface area contributed by atoms with E-state index in [2.05, 4.69) is 19.8 Å². The van der Waals surface area contributed by atoms with Crippen molar-refractivity contribution < 1.29 is 46.3 Å². The third kappa shape index (κ3) is 7.77. The maximum absolute atomic E-state index is 13.1. The highest BCUT2D eigenvalue weighted by Crippen LogP contribution is 2.36. The molecule has 1 amide bonds. The van der Waals surface area contributed by atoms with E-state index in [0.717, 1.165) is 18.2 Å². The van der Waals surface area contributed by atoms with Gasteiger partial charge in [-0.15, -0.1) is 0 Å². The number of hydrogen-bond donors (Lipinski definition) is 3. The molecule has 0 atom stereocenters. The predicted molar refractivity (Wildman–Crippen MR) is 138 cm³/mol. The minimum atomic E-state index is -4.64. The number of rotatable bonds is 9. The van der Waals surface area contributed by atoms with Crippen LogP contribution >= 0.6 is 7.82 Å². The lowest BCUT2D eigenvalue weighted by atomic mass is 10.0. The molecular weight excluding hydrogens is 556 g/mol. The van der Waals surface area contributed by atoms with Crippen LogP contribution in [0.5, 0.6) is 5.88 Å². The first kappa shape index (κ1) is 29.4. The quantitative estimate of drug-likeness (QED) is 0.250. The number of anilines is 2. The third-order valence-corrected chi connectivity index (χ3v) is 6.39. The number of halogens is 3. The van der Waals surface area contributed by atoms with Crippen LogP contribution in [0.2, 0.25) is 0 Å². The van der Waals surface area contributed by atoms with E-state index in [0.29, 0.717) is 48.8 Å². The van der Waals surface area contributed by atoms with Crippen LogP contribution in [0.15, 0.2) is 48.8 Å². The summed E-state index contributed by atoms with van der Waals surface area (Å²) >= 11 is 0. The fraction of sp³-hybridized carbons (Fsp3) is 0.320. The molecule has 11 nitrogen and oxygen atoms in total. The Morgan fingerprint density at radius 1 is 1.12 bits per heavy atom. The Balaban J connectivity index is 1.58. The molecule has 3 N–H and O–H groups in total. The Hall–Kier alpha value is -3.55. The predicted octanol–water partition coefficient (Wildman–Crippen LogP) is 4.05. The largest absolute Gasteiger partial charge is 0.474 e. The van der Waals surface area contributed by atoms with Crippen LogP contribution in [0.4, 0.5) is 24.5 Å². The Morgan fingerprint density at radius 3 is 2.58 bits per heavy atom. The van der Waals surface area contributed by atoms with Gasteiger partial charge in [-0.3, -0.25) is 14.3 Å². The van der Waals surface area contributed by atoms with Gasteiger partial charge >= 0.3 is 14.0 Å². The second-order valence-electron chi connectivity index (χ2n) is 8.71. The number of aryl methyl sites for hydroxylation is 1. The van der Waals surface area contributed by atoms with Gasteiger partial charge in [-0.25, -0.2) is 9.55 Å². The van der Waals surface area contributed by atoms with Gasteiger partial charge in [0.1, 0.15) is 12.3 Å².